The molecule has 21 heavy (non-hydrogen) atoms. The molecule has 0 spiro atoms. The number of aliphatic carboxylic acids is 1. The number of rotatable bonds is 6. The van der Waals surface area contributed by atoms with E-state index >= 15 is 0 Å². The Kier molecular flexibility index (Phi) is 5.10. The monoisotopic (exact) mass is 283 g/mol. The van der Waals surface area contributed by atoms with Gasteiger partial charge < -0.3 is 10.4 Å². The molecule has 1 amide bonds. The number of carbonyl (C=O) groups is 2. The Balaban J connectivity index is 2.17. The number of carboxylic acid groups (broad SMARTS) is 1. The Hall–Kier alpha value is -2.62. The smallest absolute Gasteiger partial charge is 0.322 e. The van der Waals surface area contributed by atoms with Gasteiger partial charge in [0.2, 0.25) is 5.91 Å². The summed E-state index contributed by atoms with van der Waals surface area (Å²) in [4.78, 5) is 22.4. The lowest BCUT2D eigenvalue weighted by molar-refractivity contribution is -0.137. The van der Waals surface area contributed by atoms with Crippen LogP contribution in [0.4, 0.5) is 0 Å². The summed E-state index contributed by atoms with van der Waals surface area (Å²) in [6, 6.07) is 19.5. The van der Waals surface area contributed by atoms with E-state index in [0.29, 0.717) is 0 Å². The molecular formula is C17H17NO3. The van der Waals surface area contributed by atoms with Gasteiger partial charge in [0.1, 0.15) is 6.54 Å². The summed E-state index contributed by atoms with van der Waals surface area (Å²) >= 11 is 0. The highest BCUT2D eigenvalue weighted by molar-refractivity contribution is 5.82. The van der Waals surface area contributed by atoms with Gasteiger partial charge >= 0.3 is 5.97 Å². The van der Waals surface area contributed by atoms with Crippen molar-refractivity contribution in [3.63, 3.8) is 0 Å². The third kappa shape index (κ3) is 4.45. The van der Waals surface area contributed by atoms with E-state index in [1.165, 1.54) is 0 Å². The van der Waals surface area contributed by atoms with E-state index in [9.17, 15) is 9.59 Å². The molecule has 0 aliphatic rings. The van der Waals surface area contributed by atoms with Crippen molar-refractivity contribution in [2.45, 2.75) is 12.3 Å². The predicted molar refractivity (Wildman–Crippen MR) is 80.0 cm³/mol. The highest BCUT2D eigenvalue weighted by Gasteiger charge is 2.18. The maximum absolute atomic E-state index is 11.9. The maximum Gasteiger partial charge on any atom is 0.322 e. The van der Waals surface area contributed by atoms with Crippen molar-refractivity contribution in [1.29, 1.82) is 0 Å². The number of nitrogens with one attached hydrogen (secondary N) is 1. The Bertz CT molecular complexity index is 556. The molecule has 0 aliphatic carbocycles. The minimum Gasteiger partial charge on any atom is -0.480 e. The van der Waals surface area contributed by atoms with Crippen molar-refractivity contribution >= 4 is 11.9 Å². The molecule has 0 atom stereocenters. The van der Waals surface area contributed by atoms with Crippen molar-refractivity contribution in [3.05, 3.63) is 71.8 Å². The Morgan fingerprint density at radius 3 is 1.81 bits per heavy atom. The molecule has 4 nitrogen and oxygen atoms in total. The zero-order chi connectivity index (χ0) is 15.1. The fourth-order valence-electron chi connectivity index (χ4n) is 2.23. The Morgan fingerprint density at radius 2 is 1.38 bits per heavy atom. The first kappa shape index (κ1) is 14.8. The van der Waals surface area contributed by atoms with Gasteiger partial charge in [0.25, 0.3) is 0 Å². The lowest BCUT2D eigenvalue weighted by Gasteiger charge is -2.17. The number of hydrogen-bond donors (Lipinski definition) is 2. The van der Waals surface area contributed by atoms with Gasteiger partial charge in [-0.25, -0.2) is 0 Å². The SMILES string of the molecule is O=C(O)CNC(=O)CC(c1ccccc1)c1ccccc1. The minimum atomic E-state index is -1.04. The van der Waals surface area contributed by atoms with Gasteiger partial charge in [-0.3, -0.25) is 9.59 Å². The third-order valence-electron chi connectivity index (χ3n) is 3.23. The second-order valence-corrected chi connectivity index (χ2v) is 4.75. The summed E-state index contributed by atoms with van der Waals surface area (Å²) in [5, 5.41) is 11.0. The van der Waals surface area contributed by atoms with Crippen molar-refractivity contribution in [1.82, 2.24) is 5.32 Å². The van der Waals surface area contributed by atoms with Crippen LogP contribution >= 0.6 is 0 Å². The van der Waals surface area contributed by atoms with Crippen LogP contribution in [0.3, 0.4) is 0 Å². The van der Waals surface area contributed by atoms with E-state index in [1.54, 1.807) is 0 Å². The van der Waals surface area contributed by atoms with E-state index in [2.05, 4.69) is 5.32 Å². The highest BCUT2D eigenvalue weighted by Crippen LogP contribution is 2.27. The molecule has 2 N–H and O–H groups in total. The van der Waals surface area contributed by atoms with Gasteiger partial charge in [0, 0.05) is 12.3 Å². The summed E-state index contributed by atoms with van der Waals surface area (Å²) in [7, 11) is 0. The van der Waals surface area contributed by atoms with E-state index in [4.69, 9.17) is 5.11 Å². The molecule has 4 heteroatoms. The summed E-state index contributed by atoms with van der Waals surface area (Å²) < 4.78 is 0. The molecule has 0 fully saturated rings. The van der Waals surface area contributed by atoms with Crippen molar-refractivity contribution in [3.8, 4) is 0 Å². The van der Waals surface area contributed by atoms with Crippen LogP contribution in [0.15, 0.2) is 60.7 Å². The van der Waals surface area contributed by atoms with E-state index in [1.807, 2.05) is 60.7 Å². The van der Waals surface area contributed by atoms with Gasteiger partial charge in [-0.15, -0.1) is 0 Å². The summed E-state index contributed by atoms with van der Waals surface area (Å²) in [5.74, 6) is -1.39. The molecule has 2 aromatic carbocycles. The van der Waals surface area contributed by atoms with Crippen LogP contribution in [0.25, 0.3) is 0 Å². The molecule has 108 valence electrons. The van der Waals surface area contributed by atoms with Crippen LogP contribution < -0.4 is 5.32 Å². The van der Waals surface area contributed by atoms with Crippen LogP contribution in [-0.2, 0) is 9.59 Å². The number of benzene rings is 2. The second-order valence-electron chi connectivity index (χ2n) is 4.75. The van der Waals surface area contributed by atoms with Crippen LogP contribution in [-0.4, -0.2) is 23.5 Å². The first-order chi connectivity index (χ1) is 10.2. The normalized spacial score (nSPS) is 10.3. The number of hydrogen-bond acceptors (Lipinski definition) is 2. The molecule has 0 saturated heterocycles. The molecule has 2 rings (SSSR count). The second kappa shape index (κ2) is 7.24. The van der Waals surface area contributed by atoms with Gasteiger partial charge in [-0.1, -0.05) is 60.7 Å². The molecule has 0 unspecified atom stereocenters. The first-order valence-electron chi connectivity index (χ1n) is 6.75. The lowest BCUT2D eigenvalue weighted by atomic mass is 9.88. The van der Waals surface area contributed by atoms with E-state index in [0.717, 1.165) is 11.1 Å². The van der Waals surface area contributed by atoms with Gasteiger partial charge in [-0.2, -0.15) is 0 Å². The van der Waals surface area contributed by atoms with Gasteiger partial charge in [0.15, 0.2) is 0 Å². The summed E-state index contributed by atoms with van der Waals surface area (Å²) in [5.41, 5.74) is 2.07. The molecule has 0 aliphatic heterocycles. The van der Waals surface area contributed by atoms with E-state index < -0.39 is 5.97 Å². The summed E-state index contributed by atoms with van der Waals surface area (Å²) in [6.45, 7) is -0.352. The third-order valence-corrected chi connectivity index (χ3v) is 3.23. The van der Waals surface area contributed by atoms with Crippen LogP contribution in [0.1, 0.15) is 23.5 Å². The van der Waals surface area contributed by atoms with Crippen molar-refractivity contribution in [2.75, 3.05) is 6.54 Å². The average Bonchev–Trinajstić information content (AvgIpc) is 2.52. The number of carboxylic acids is 1. The minimum absolute atomic E-state index is 0.0822. The predicted octanol–water partition coefficient (Wildman–Crippen LogP) is 2.41. The quantitative estimate of drug-likeness (QED) is 0.855. The standard InChI is InChI=1S/C17H17NO3/c19-16(18-12-17(20)21)11-15(13-7-3-1-4-8-13)14-9-5-2-6-10-14/h1-10,15H,11-12H2,(H,18,19)(H,20,21). The molecule has 0 aromatic heterocycles. The molecule has 0 heterocycles. The maximum atomic E-state index is 11.9. The fourth-order valence-corrected chi connectivity index (χ4v) is 2.23. The fraction of sp³-hybridized carbons (Fsp3) is 0.176. The van der Waals surface area contributed by atoms with Crippen LogP contribution in [0.5, 0.6) is 0 Å². The van der Waals surface area contributed by atoms with E-state index in [-0.39, 0.29) is 24.8 Å². The highest BCUT2D eigenvalue weighted by atomic mass is 16.4. The van der Waals surface area contributed by atoms with Crippen LogP contribution in [0.2, 0.25) is 0 Å². The Labute approximate surface area is 123 Å². The molecule has 0 saturated carbocycles. The summed E-state index contributed by atoms with van der Waals surface area (Å²) in [6.07, 6.45) is 0.224. The molecule has 0 radical (unpaired) electrons. The Morgan fingerprint density at radius 1 is 0.905 bits per heavy atom. The van der Waals surface area contributed by atoms with Gasteiger partial charge in [0.05, 0.1) is 0 Å². The van der Waals surface area contributed by atoms with Crippen LogP contribution in [0, 0.1) is 0 Å². The topological polar surface area (TPSA) is 66.4 Å². The zero-order valence-electron chi connectivity index (χ0n) is 11.5. The van der Waals surface area contributed by atoms with Crippen molar-refractivity contribution < 1.29 is 14.7 Å². The largest absolute Gasteiger partial charge is 0.480 e. The first-order valence-corrected chi connectivity index (χ1v) is 6.75. The molecular weight excluding hydrogens is 266 g/mol. The average molecular weight is 283 g/mol. The van der Waals surface area contributed by atoms with Crippen molar-refractivity contribution in [2.24, 2.45) is 0 Å². The zero-order valence-corrected chi connectivity index (χ0v) is 11.5. The molecule has 2 aromatic rings. The lowest BCUT2D eigenvalue weighted by Crippen LogP contribution is -2.30. The van der Waals surface area contributed by atoms with Gasteiger partial charge in [-0.05, 0) is 11.1 Å². The number of carbonyl (C=O) groups excluding carboxylic acids is 1. The molecule has 0 bridgehead atoms. The number of amides is 1.